The van der Waals surface area contributed by atoms with Crippen LogP contribution in [0.15, 0.2) is 14.8 Å². The smallest absolute Gasteiger partial charge is 0.316 e. The number of methoxy groups -OCH3 is 1. The molecule has 0 aliphatic rings. The Morgan fingerprint density at radius 3 is 2.81 bits per heavy atom. The first-order chi connectivity index (χ1) is 9.99. The summed E-state index contributed by atoms with van der Waals surface area (Å²) >= 11 is 2.40. The van der Waals surface area contributed by atoms with E-state index in [2.05, 4.69) is 20.3 Å². The van der Waals surface area contributed by atoms with Crippen LogP contribution in [0.3, 0.4) is 0 Å². The van der Waals surface area contributed by atoms with Crippen molar-refractivity contribution in [3.63, 3.8) is 0 Å². The van der Waals surface area contributed by atoms with Gasteiger partial charge >= 0.3 is 5.97 Å². The molecule has 0 atom stereocenters. The van der Waals surface area contributed by atoms with Crippen molar-refractivity contribution in [1.29, 1.82) is 0 Å². The topological polar surface area (TPSA) is 94.3 Å². The fraction of sp³-hybridized carbons (Fsp3) is 0.333. The number of furan rings is 1. The number of amides is 1. The predicted molar refractivity (Wildman–Crippen MR) is 78.8 cm³/mol. The summed E-state index contributed by atoms with van der Waals surface area (Å²) < 4.78 is 10.4. The van der Waals surface area contributed by atoms with Crippen molar-refractivity contribution in [3.05, 3.63) is 23.2 Å². The maximum absolute atomic E-state index is 12.1. The summed E-state index contributed by atoms with van der Waals surface area (Å²) in [5.41, 5.74) is 0.464. The molecule has 0 bridgehead atoms. The minimum atomic E-state index is -0.342. The molecule has 0 fully saturated rings. The number of thioether (sulfide) groups is 1. The second kappa shape index (κ2) is 6.72. The molecule has 0 aliphatic heterocycles. The first-order valence-electron chi connectivity index (χ1n) is 5.91. The second-order valence-electron chi connectivity index (χ2n) is 4.02. The summed E-state index contributed by atoms with van der Waals surface area (Å²) in [4.78, 5) is 23.1. The van der Waals surface area contributed by atoms with Crippen LogP contribution in [0.2, 0.25) is 0 Å². The molecule has 7 nitrogen and oxygen atoms in total. The number of rotatable bonds is 5. The zero-order valence-electron chi connectivity index (χ0n) is 11.6. The van der Waals surface area contributed by atoms with E-state index < -0.39 is 0 Å². The van der Waals surface area contributed by atoms with Gasteiger partial charge in [0, 0.05) is 0 Å². The number of carbonyl (C=O) groups is 2. The Morgan fingerprint density at radius 2 is 2.19 bits per heavy atom. The fourth-order valence-corrected chi connectivity index (χ4v) is 3.10. The molecule has 0 saturated carbocycles. The summed E-state index contributed by atoms with van der Waals surface area (Å²) in [5, 5.41) is 10.8. The van der Waals surface area contributed by atoms with Gasteiger partial charge in [0.25, 0.3) is 5.91 Å². The van der Waals surface area contributed by atoms with Crippen LogP contribution in [0, 0.1) is 13.8 Å². The Hall–Kier alpha value is -1.87. The number of esters is 1. The molecule has 2 aromatic heterocycles. The molecular weight excluding hydrogens is 314 g/mol. The Bertz CT molecular complexity index is 665. The van der Waals surface area contributed by atoms with E-state index in [4.69, 9.17) is 4.42 Å². The highest BCUT2D eigenvalue weighted by Gasteiger charge is 2.16. The van der Waals surface area contributed by atoms with Crippen molar-refractivity contribution in [2.45, 2.75) is 18.2 Å². The molecule has 0 saturated heterocycles. The number of hydrogen-bond donors (Lipinski definition) is 1. The van der Waals surface area contributed by atoms with Gasteiger partial charge < -0.3 is 9.15 Å². The van der Waals surface area contributed by atoms with E-state index in [1.807, 2.05) is 0 Å². The number of ether oxygens (including phenoxy) is 1. The Balaban J connectivity index is 1.97. The van der Waals surface area contributed by atoms with Gasteiger partial charge in [0.2, 0.25) is 5.13 Å². The maximum atomic E-state index is 12.1. The van der Waals surface area contributed by atoms with Gasteiger partial charge in [-0.05, 0) is 19.9 Å². The van der Waals surface area contributed by atoms with Crippen LogP contribution in [0.1, 0.15) is 21.9 Å². The third-order valence-corrected chi connectivity index (χ3v) is 4.40. The lowest BCUT2D eigenvalue weighted by molar-refractivity contribution is -0.137. The minimum absolute atomic E-state index is 0.152. The van der Waals surface area contributed by atoms with Gasteiger partial charge in [-0.15, -0.1) is 10.2 Å². The van der Waals surface area contributed by atoms with Crippen LogP contribution < -0.4 is 5.32 Å². The van der Waals surface area contributed by atoms with Gasteiger partial charge in [-0.1, -0.05) is 23.1 Å². The van der Waals surface area contributed by atoms with Gasteiger partial charge in [-0.25, -0.2) is 0 Å². The lowest BCUT2D eigenvalue weighted by Crippen LogP contribution is -2.11. The third kappa shape index (κ3) is 4.05. The van der Waals surface area contributed by atoms with Gasteiger partial charge in [-0.3, -0.25) is 14.9 Å². The van der Waals surface area contributed by atoms with E-state index in [9.17, 15) is 9.59 Å². The number of aromatic nitrogens is 2. The first-order valence-corrected chi connectivity index (χ1v) is 7.71. The Morgan fingerprint density at radius 1 is 1.43 bits per heavy atom. The number of anilines is 1. The lowest BCUT2D eigenvalue weighted by Gasteiger charge is -1.98. The largest absolute Gasteiger partial charge is 0.468 e. The standard InChI is InChI=1S/C12H13N3O4S2/c1-6-4-8(7(2)19-6)10(17)13-11-14-15-12(21-11)20-5-9(16)18-3/h4H,5H2,1-3H3,(H,13,14,17). The van der Waals surface area contributed by atoms with Crippen LogP contribution >= 0.6 is 23.1 Å². The number of nitrogens with one attached hydrogen (secondary N) is 1. The highest BCUT2D eigenvalue weighted by molar-refractivity contribution is 8.01. The molecule has 0 unspecified atom stereocenters. The van der Waals surface area contributed by atoms with Crippen molar-refractivity contribution >= 4 is 40.1 Å². The van der Waals surface area contributed by atoms with Crippen molar-refractivity contribution in [3.8, 4) is 0 Å². The second-order valence-corrected chi connectivity index (χ2v) is 6.22. The molecule has 112 valence electrons. The number of nitrogens with zero attached hydrogens (tertiary/aromatic N) is 2. The van der Waals surface area contributed by atoms with Crippen LogP contribution in [0.4, 0.5) is 5.13 Å². The molecule has 2 heterocycles. The summed E-state index contributed by atoms with van der Waals surface area (Å²) in [5.74, 6) is 0.730. The van der Waals surface area contributed by atoms with Crippen LogP contribution in [-0.2, 0) is 9.53 Å². The zero-order valence-corrected chi connectivity index (χ0v) is 13.3. The van der Waals surface area contributed by atoms with E-state index in [-0.39, 0.29) is 17.6 Å². The molecule has 21 heavy (non-hydrogen) atoms. The van der Waals surface area contributed by atoms with E-state index in [0.717, 1.165) is 0 Å². The van der Waals surface area contributed by atoms with Crippen molar-refractivity contribution in [2.75, 3.05) is 18.2 Å². The van der Waals surface area contributed by atoms with Crippen molar-refractivity contribution in [2.24, 2.45) is 0 Å². The van der Waals surface area contributed by atoms with Gasteiger partial charge in [-0.2, -0.15) is 0 Å². The van der Waals surface area contributed by atoms with E-state index in [1.54, 1.807) is 19.9 Å². The SMILES string of the molecule is COC(=O)CSc1nnc(NC(=O)c2cc(C)oc2C)s1. The van der Waals surface area contributed by atoms with Gasteiger partial charge in [0.1, 0.15) is 11.5 Å². The van der Waals surface area contributed by atoms with Crippen molar-refractivity contribution in [1.82, 2.24) is 10.2 Å². The fourth-order valence-electron chi connectivity index (χ4n) is 1.52. The molecular formula is C12H13N3O4S2. The monoisotopic (exact) mass is 327 g/mol. The molecule has 2 rings (SSSR count). The van der Waals surface area contributed by atoms with E-state index in [0.29, 0.717) is 26.6 Å². The van der Waals surface area contributed by atoms with Crippen molar-refractivity contribution < 1.29 is 18.7 Å². The maximum Gasteiger partial charge on any atom is 0.316 e. The average molecular weight is 327 g/mol. The molecule has 9 heteroatoms. The lowest BCUT2D eigenvalue weighted by atomic mass is 10.2. The predicted octanol–water partition coefficient (Wildman–Crippen LogP) is 2.27. The Labute approximate surface area is 129 Å². The number of hydrogen-bond acceptors (Lipinski definition) is 8. The molecule has 0 aromatic carbocycles. The molecule has 0 spiro atoms. The summed E-state index contributed by atoms with van der Waals surface area (Å²) in [6, 6.07) is 1.67. The molecule has 0 radical (unpaired) electrons. The molecule has 2 aromatic rings. The average Bonchev–Trinajstić information content (AvgIpc) is 3.02. The van der Waals surface area contributed by atoms with E-state index in [1.165, 1.54) is 30.2 Å². The highest BCUT2D eigenvalue weighted by atomic mass is 32.2. The third-order valence-electron chi connectivity index (χ3n) is 2.45. The molecule has 1 amide bonds. The van der Waals surface area contributed by atoms with Crippen LogP contribution in [0.5, 0.6) is 0 Å². The quantitative estimate of drug-likeness (QED) is 0.511. The normalized spacial score (nSPS) is 10.4. The summed E-state index contributed by atoms with van der Waals surface area (Å²) in [7, 11) is 1.32. The van der Waals surface area contributed by atoms with Gasteiger partial charge in [0.05, 0.1) is 18.4 Å². The Kier molecular flexibility index (Phi) is 4.97. The van der Waals surface area contributed by atoms with Crippen LogP contribution in [-0.4, -0.2) is 34.9 Å². The first kappa shape index (κ1) is 15.5. The van der Waals surface area contributed by atoms with Crippen LogP contribution in [0.25, 0.3) is 0 Å². The molecule has 1 N–H and O–H groups in total. The summed E-state index contributed by atoms with van der Waals surface area (Å²) in [6.45, 7) is 3.50. The summed E-state index contributed by atoms with van der Waals surface area (Å²) in [6.07, 6.45) is 0. The van der Waals surface area contributed by atoms with Gasteiger partial charge in [0.15, 0.2) is 4.34 Å². The zero-order chi connectivity index (χ0) is 15.4. The minimum Gasteiger partial charge on any atom is -0.468 e. The molecule has 0 aliphatic carbocycles. The highest BCUT2D eigenvalue weighted by Crippen LogP contribution is 2.26. The number of aryl methyl sites for hydroxylation is 2. The van der Waals surface area contributed by atoms with E-state index >= 15 is 0 Å². The number of carbonyl (C=O) groups excluding carboxylic acids is 2.